The molecule has 0 rings (SSSR count). The maximum atomic E-state index is 12.5. The Morgan fingerprint density at radius 2 is 0.821 bits per heavy atom. The van der Waals surface area contributed by atoms with Crippen molar-refractivity contribution < 1.29 is 19.1 Å². The summed E-state index contributed by atoms with van der Waals surface area (Å²) in [4.78, 5) is 25.1. The van der Waals surface area contributed by atoms with E-state index in [0.717, 1.165) is 25.7 Å². The van der Waals surface area contributed by atoms with E-state index in [1.807, 2.05) is 0 Å². The molecule has 164 valence electrons. The Bertz CT molecular complexity index is 400. The third-order valence-corrected chi connectivity index (χ3v) is 4.97. The minimum Gasteiger partial charge on any atom is -0.463 e. The molecule has 28 heavy (non-hydrogen) atoms. The summed E-state index contributed by atoms with van der Waals surface area (Å²) >= 11 is 0. The van der Waals surface area contributed by atoms with E-state index in [2.05, 4.69) is 13.8 Å². The summed E-state index contributed by atoms with van der Waals surface area (Å²) in [7, 11) is 0. The first kappa shape index (κ1) is 26.7. The Labute approximate surface area is 173 Å². The molecule has 0 amide bonds. The topological polar surface area (TPSA) is 52.6 Å². The molecular formula is C24H44O4. The Kier molecular flexibility index (Phi) is 18.1. The van der Waals surface area contributed by atoms with Crippen molar-refractivity contribution in [2.75, 3.05) is 13.2 Å². The lowest BCUT2D eigenvalue weighted by Crippen LogP contribution is -2.17. The van der Waals surface area contributed by atoms with E-state index >= 15 is 0 Å². The first-order valence-electron chi connectivity index (χ1n) is 11.7. The molecule has 0 aromatic heterocycles. The van der Waals surface area contributed by atoms with Crippen LogP contribution in [0.5, 0.6) is 0 Å². The highest BCUT2D eigenvalue weighted by molar-refractivity contribution is 6.00. The van der Waals surface area contributed by atoms with Crippen LogP contribution in [0.25, 0.3) is 0 Å². The summed E-state index contributed by atoms with van der Waals surface area (Å²) in [6.45, 7) is 8.67. The molecule has 0 aromatic carbocycles. The first-order valence-corrected chi connectivity index (χ1v) is 11.7. The highest BCUT2D eigenvalue weighted by atomic mass is 16.5. The molecule has 0 bridgehead atoms. The van der Waals surface area contributed by atoms with E-state index in [4.69, 9.17) is 9.47 Å². The van der Waals surface area contributed by atoms with Gasteiger partial charge in [-0.3, -0.25) is 0 Å². The van der Waals surface area contributed by atoms with Gasteiger partial charge in [0.05, 0.1) is 13.2 Å². The molecule has 0 aliphatic rings. The lowest BCUT2D eigenvalue weighted by molar-refractivity contribution is -0.142. The summed E-state index contributed by atoms with van der Waals surface area (Å²) in [5, 5.41) is 0. The van der Waals surface area contributed by atoms with Crippen molar-refractivity contribution in [1.82, 2.24) is 0 Å². The van der Waals surface area contributed by atoms with E-state index in [-0.39, 0.29) is 11.9 Å². The van der Waals surface area contributed by atoms with Gasteiger partial charge in [0.2, 0.25) is 0 Å². The van der Waals surface area contributed by atoms with Gasteiger partial charge in [-0.15, -0.1) is 0 Å². The average molecular weight is 397 g/mol. The Balaban J connectivity index is 5.02. The van der Waals surface area contributed by atoms with Gasteiger partial charge in [0.25, 0.3) is 0 Å². The second kappa shape index (κ2) is 19.0. The smallest absolute Gasteiger partial charge is 0.334 e. The summed E-state index contributed by atoms with van der Waals surface area (Å²) in [6.07, 6.45) is 15.0. The average Bonchev–Trinajstić information content (AvgIpc) is 2.68. The van der Waals surface area contributed by atoms with E-state index in [1.165, 1.54) is 51.4 Å². The van der Waals surface area contributed by atoms with Crippen molar-refractivity contribution in [2.24, 2.45) is 0 Å². The fourth-order valence-corrected chi connectivity index (χ4v) is 3.35. The third kappa shape index (κ3) is 13.0. The maximum Gasteiger partial charge on any atom is 0.334 e. The zero-order valence-corrected chi connectivity index (χ0v) is 18.9. The first-order chi connectivity index (χ1) is 13.6. The predicted molar refractivity (Wildman–Crippen MR) is 116 cm³/mol. The van der Waals surface area contributed by atoms with Gasteiger partial charge in [0.15, 0.2) is 0 Å². The predicted octanol–water partition coefficient (Wildman–Crippen LogP) is 6.91. The molecule has 0 N–H and O–H groups in total. The second-order valence-corrected chi connectivity index (χ2v) is 7.43. The fourth-order valence-electron chi connectivity index (χ4n) is 3.35. The molecule has 0 aromatic rings. The van der Waals surface area contributed by atoms with Gasteiger partial charge in [-0.25, -0.2) is 9.59 Å². The number of ether oxygens (including phenoxy) is 2. The van der Waals surface area contributed by atoms with Crippen molar-refractivity contribution in [3.63, 3.8) is 0 Å². The summed E-state index contributed by atoms with van der Waals surface area (Å²) in [5.41, 5.74) is 1.09. The highest BCUT2D eigenvalue weighted by Gasteiger charge is 2.22. The van der Waals surface area contributed by atoms with E-state index < -0.39 is 0 Å². The summed E-state index contributed by atoms with van der Waals surface area (Å²) < 4.78 is 10.5. The van der Waals surface area contributed by atoms with Gasteiger partial charge < -0.3 is 9.47 Å². The van der Waals surface area contributed by atoms with Crippen LogP contribution in [0.15, 0.2) is 11.1 Å². The molecule has 0 fully saturated rings. The largest absolute Gasteiger partial charge is 0.463 e. The zero-order valence-electron chi connectivity index (χ0n) is 18.9. The van der Waals surface area contributed by atoms with Crippen molar-refractivity contribution in [1.29, 1.82) is 0 Å². The zero-order chi connectivity index (χ0) is 21.0. The number of rotatable bonds is 18. The minimum absolute atomic E-state index is 0.325. The maximum absolute atomic E-state index is 12.5. The van der Waals surface area contributed by atoms with Crippen LogP contribution in [-0.2, 0) is 19.1 Å². The highest BCUT2D eigenvalue weighted by Crippen LogP contribution is 2.23. The van der Waals surface area contributed by atoms with Crippen LogP contribution in [0.4, 0.5) is 0 Å². The van der Waals surface area contributed by atoms with Gasteiger partial charge >= 0.3 is 11.9 Å². The molecule has 0 spiro atoms. The quantitative estimate of drug-likeness (QED) is 0.143. The number of carbonyl (C=O) groups is 2. The molecule has 4 heteroatoms. The summed E-state index contributed by atoms with van der Waals surface area (Å²) in [6, 6.07) is 0. The van der Waals surface area contributed by atoms with Crippen molar-refractivity contribution in [2.45, 2.75) is 118 Å². The Hall–Kier alpha value is -1.32. The molecule has 4 nitrogen and oxygen atoms in total. The SMILES string of the molecule is CCCCCCCC/C(C(=O)OCC)=C(\CCCCCCCC)C(=O)OCC. The molecule has 0 atom stereocenters. The van der Waals surface area contributed by atoms with Gasteiger partial charge in [-0.05, 0) is 39.5 Å². The normalized spacial score (nSPS) is 11.9. The number of esters is 2. The standard InChI is InChI=1S/C24H44O4/c1-5-9-11-13-15-17-19-21(23(25)27-7-3)22(24(26)28-8-4)20-18-16-14-12-10-6-2/h5-20H2,1-4H3/b22-21-. The lowest BCUT2D eigenvalue weighted by Gasteiger charge is -2.14. The van der Waals surface area contributed by atoms with Crippen LogP contribution < -0.4 is 0 Å². The summed E-state index contributed by atoms with van der Waals surface area (Å²) in [5.74, 6) is -0.685. The molecule has 0 radical (unpaired) electrons. The molecule has 0 unspecified atom stereocenters. The van der Waals surface area contributed by atoms with Crippen LogP contribution in [0, 0.1) is 0 Å². The van der Waals surface area contributed by atoms with Crippen LogP contribution in [0.2, 0.25) is 0 Å². The van der Waals surface area contributed by atoms with Gasteiger partial charge in [0.1, 0.15) is 0 Å². The second-order valence-electron chi connectivity index (χ2n) is 7.43. The van der Waals surface area contributed by atoms with Crippen molar-refractivity contribution in [3.8, 4) is 0 Å². The molecule has 0 saturated carbocycles. The monoisotopic (exact) mass is 396 g/mol. The van der Waals surface area contributed by atoms with E-state index in [0.29, 0.717) is 37.2 Å². The minimum atomic E-state index is -0.343. The molecule has 0 aliphatic carbocycles. The number of hydrogen-bond acceptors (Lipinski definition) is 4. The molecule has 0 saturated heterocycles. The molecular weight excluding hydrogens is 352 g/mol. The molecule has 0 aliphatic heterocycles. The Morgan fingerprint density at radius 1 is 0.500 bits per heavy atom. The van der Waals surface area contributed by atoms with Crippen LogP contribution >= 0.6 is 0 Å². The third-order valence-electron chi connectivity index (χ3n) is 4.97. The van der Waals surface area contributed by atoms with Crippen LogP contribution in [0.1, 0.15) is 118 Å². The Morgan fingerprint density at radius 3 is 1.14 bits per heavy atom. The van der Waals surface area contributed by atoms with Crippen molar-refractivity contribution in [3.05, 3.63) is 11.1 Å². The number of hydrogen-bond donors (Lipinski definition) is 0. The van der Waals surface area contributed by atoms with Crippen molar-refractivity contribution >= 4 is 11.9 Å². The number of unbranched alkanes of at least 4 members (excludes halogenated alkanes) is 10. The van der Waals surface area contributed by atoms with Gasteiger partial charge in [0, 0.05) is 11.1 Å². The van der Waals surface area contributed by atoms with Gasteiger partial charge in [-0.2, -0.15) is 0 Å². The van der Waals surface area contributed by atoms with Crippen LogP contribution in [-0.4, -0.2) is 25.2 Å². The fraction of sp³-hybridized carbons (Fsp3) is 0.833. The lowest BCUT2D eigenvalue weighted by atomic mass is 9.96. The van der Waals surface area contributed by atoms with E-state index in [1.54, 1.807) is 13.8 Å². The molecule has 0 heterocycles. The van der Waals surface area contributed by atoms with Crippen LogP contribution in [0.3, 0.4) is 0 Å². The van der Waals surface area contributed by atoms with E-state index in [9.17, 15) is 9.59 Å². The van der Waals surface area contributed by atoms with Gasteiger partial charge in [-0.1, -0.05) is 78.1 Å². The number of carbonyl (C=O) groups excluding carboxylic acids is 2.